The predicted molar refractivity (Wildman–Crippen MR) is 103 cm³/mol. The number of thioether (sulfide) groups is 1. The zero-order chi connectivity index (χ0) is 17.8. The molecule has 1 aliphatic carbocycles. The quantitative estimate of drug-likeness (QED) is 0.594. The van der Waals surface area contributed by atoms with Crippen molar-refractivity contribution in [3.8, 4) is 11.5 Å². The van der Waals surface area contributed by atoms with Crippen LogP contribution in [0.25, 0.3) is 0 Å². The molecular formula is C20H22N2O3S. The topological polar surface area (TPSA) is 59.6 Å². The third kappa shape index (κ3) is 3.90. The van der Waals surface area contributed by atoms with Crippen LogP contribution in [0.1, 0.15) is 25.7 Å². The summed E-state index contributed by atoms with van der Waals surface area (Å²) in [4.78, 5) is 13.3. The Bertz CT molecular complexity index is 776. The molecule has 6 heteroatoms. The van der Waals surface area contributed by atoms with Gasteiger partial charge in [0.25, 0.3) is 5.79 Å². The Balaban J connectivity index is 1.25. The first-order valence-corrected chi connectivity index (χ1v) is 9.96. The van der Waals surface area contributed by atoms with E-state index in [-0.39, 0.29) is 6.03 Å². The highest BCUT2D eigenvalue weighted by Crippen LogP contribution is 2.47. The minimum absolute atomic E-state index is 0.215. The van der Waals surface area contributed by atoms with Gasteiger partial charge in [-0.2, -0.15) is 0 Å². The number of fused-ring (bicyclic) bond motifs is 1. The molecule has 0 aromatic heterocycles. The van der Waals surface area contributed by atoms with Crippen LogP contribution in [0.2, 0.25) is 0 Å². The van der Waals surface area contributed by atoms with Crippen molar-refractivity contribution in [3.63, 3.8) is 0 Å². The van der Waals surface area contributed by atoms with Gasteiger partial charge in [-0.3, -0.25) is 0 Å². The molecule has 0 bridgehead atoms. The van der Waals surface area contributed by atoms with E-state index in [9.17, 15) is 4.79 Å². The van der Waals surface area contributed by atoms with Crippen molar-refractivity contribution in [2.75, 3.05) is 17.6 Å². The van der Waals surface area contributed by atoms with Crippen molar-refractivity contribution in [2.24, 2.45) is 0 Å². The maximum Gasteiger partial charge on any atom is 0.319 e. The van der Waals surface area contributed by atoms with Crippen LogP contribution in [-0.2, 0) is 0 Å². The summed E-state index contributed by atoms with van der Waals surface area (Å²) in [6.45, 7) is 0.596. The third-order valence-electron chi connectivity index (χ3n) is 4.56. The standard InChI is InChI=1S/C20H22N2O3S/c23-19(21-12-13-26-16-6-2-1-3-7-16)22-15-8-9-17-18(14-15)25-20(24-17)10-4-5-11-20/h1-3,6-9,14H,4-5,10-13H2,(H2,21,22,23). The molecule has 1 saturated carbocycles. The summed E-state index contributed by atoms with van der Waals surface area (Å²) in [5.74, 6) is 1.82. The lowest BCUT2D eigenvalue weighted by Crippen LogP contribution is -2.34. The molecule has 1 spiro atoms. The molecule has 2 aliphatic rings. The molecule has 2 aromatic carbocycles. The maximum atomic E-state index is 12.1. The molecule has 1 heterocycles. The SMILES string of the molecule is O=C(NCCSc1ccccc1)Nc1ccc2c(c1)OC1(CCCC1)O2. The molecule has 0 atom stereocenters. The Morgan fingerprint density at radius 3 is 2.62 bits per heavy atom. The van der Waals surface area contributed by atoms with Crippen molar-refractivity contribution in [1.29, 1.82) is 0 Å². The third-order valence-corrected chi connectivity index (χ3v) is 5.57. The van der Waals surface area contributed by atoms with E-state index in [0.717, 1.165) is 37.2 Å². The number of urea groups is 1. The van der Waals surface area contributed by atoms with Crippen molar-refractivity contribution in [1.82, 2.24) is 5.32 Å². The number of ether oxygens (including phenoxy) is 2. The molecular weight excluding hydrogens is 348 g/mol. The summed E-state index contributed by atoms with van der Waals surface area (Å²) in [5.41, 5.74) is 0.704. The van der Waals surface area contributed by atoms with Gasteiger partial charge < -0.3 is 20.1 Å². The van der Waals surface area contributed by atoms with E-state index in [4.69, 9.17) is 9.47 Å². The first-order chi connectivity index (χ1) is 12.7. The number of hydrogen-bond donors (Lipinski definition) is 2. The second-order valence-electron chi connectivity index (χ2n) is 6.53. The van der Waals surface area contributed by atoms with Gasteiger partial charge in [-0.25, -0.2) is 4.79 Å². The summed E-state index contributed by atoms with van der Waals surface area (Å²) in [6, 6.07) is 15.5. The van der Waals surface area contributed by atoms with E-state index >= 15 is 0 Å². The average molecular weight is 370 g/mol. The Morgan fingerprint density at radius 1 is 1.04 bits per heavy atom. The first kappa shape index (κ1) is 17.1. The number of benzene rings is 2. The van der Waals surface area contributed by atoms with Crippen LogP contribution in [0, 0.1) is 0 Å². The average Bonchev–Trinajstić information content (AvgIpc) is 3.25. The van der Waals surface area contributed by atoms with Gasteiger partial charge in [0.15, 0.2) is 11.5 Å². The number of rotatable bonds is 5. The fourth-order valence-electron chi connectivity index (χ4n) is 3.31. The Kier molecular flexibility index (Phi) is 4.93. The molecule has 1 fully saturated rings. The number of nitrogens with one attached hydrogen (secondary N) is 2. The number of hydrogen-bond acceptors (Lipinski definition) is 4. The fraction of sp³-hybridized carbons (Fsp3) is 0.350. The van der Waals surface area contributed by atoms with Crippen molar-refractivity contribution in [2.45, 2.75) is 36.4 Å². The van der Waals surface area contributed by atoms with Crippen molar-refractivity contribution < 1.29 is 14.3 Å². The summed E-state index contributed by atoms with van der Waals surface area (Å²) in [7, 11) is 0. The molecule has 0 unspecified atom stereocenters. The molecule has 2 amide bonds. The van der Waals surface area contributed by atoms with Gasteiger partial charge in [-0.15, -0.1) is 11.8 Å². The first-order valence-electron chi connectivity index (χ1n) is 8.97. The van der Waals surface area contributed by atoms with Gasteiger partial charge in [0.2, 0.25) is 0 Å². The molecule has 136 valence electrons. The van der Waals surface area contributed by atoms with Crippen LogP contribution >= 0.6 is 11.8 Å². The Hall–Kier alpha value is -2.34. The van der Waals surface area contributed by atoms with Gasteiger partial charge >= 0.3 is 6.03 Å². The Morgan fingerprint density at radius 2 is 1.81 bits per heavy atom. The molecule has 5 nitrogen and oxygen atoms in total. The van der Waals surface area contributed by atoms with Crippen LogP contribution in [0.15, 0.2) is 53.4 Å². The summed E-state index contributed by atoms with van der Waals surface area (Å²) >= 11 is 1.72. The largest absolute Gasteiger partial charge is 0.448 e. The van der Waals surface area contributed by atoms with Crippen LogP contribution in [-0.4, -0.2) is 24.1 Å². The van der Waals surface area contributed by atoms with Crippen LogP contribution in [0.3, 0.4) is 0 Å². The monoisotopic (exact) mass is 370 g/mol. The molecule has 0 radical (unpaired) electrons. The minimum Gasteiger partial charge on any atom is -0.448 e. The van der Waals surface area contributed by atoms with Gasteiger partial charge in [-0.1, -0.05) is 18.2 Å². The van der Waals surface area contributed by atoms with E-state index in [1.165, 1.54) is 4.90 Å². The maximum absolute atomic E-state index is 12.1. The molecule has 1 aliphatic heterocycles. The predicted octanol–water partition coefficient (Wildman–Crippen LogP) is 4.64. The van der Waals surface area contributed by atoms with Gasteiger partial charge in [-0.05, 0) is 37.1 Å². The van der Waals surface area contributed by atoms with Crippen LogP contribution in [0.5, 0.6) is 11.5 Å². The van der Waals surface area contributed by atoms with Crippen molar-refractivity contribution >= 4 is 23.5 Å². The lowest BCUT2D eigenvalue weighted by molar-refractivity contribution is -0.0716. The number of carbonyl (C=O) groups is 1. The molecule has 4 rings (SSSR count). The molecule has 0 saturated heterocycles. The van der Waals surface area contributed by atoms with E-state index in [2.05, 4.69) is 22.8 Å². The smallest absolute Gasteiger partial charge is 0.319 e. The number of anilines is 1. The summed E-state index contributed by atoms with van der Waals surface area (Å²) < 4.78 is 12.0. The van der Waals surface area contributed by atoms with E-state index in [1.807, 2.05) is 36.4 Å². The number of amides is 2. The molecule has 26 heavy (non-hydrogen) atoms. The zero-order valence-electron chi connectivity index (χ0n) is 14.5. The van der Waals surface area contributed by atoms with Crippen LogP contribution < -0.4 is 20.1 Å². The van der Waals surface area contributed by atoms with Gasteiger partial charge in [0.05, 0.1) is 0 Å². The second-order valence-corrected chi connectivity index (χ2v) is 7.69. The normalized spacial score (nSPS) is 16.6. The minimum atomic E-state index is -0.474. The lowest BCUT2D eigenvalue weighted by Gasteiger charge is -2.21. The summed E-state index contributed by atoms with van der Waals surface area (Å²) in [5, 5.41) is 5.73. The second kappa shape index (κ2) is 7.50. The highest BCUT2D eigenvalue weighted by molar-refractivity contribution is 7.99. The highest BCUT2D eigenvalue weighted by Gasteiger charge is 2.44. The van der Waals surface area contributed by atoms with E-state index in [0.29, 0.717) is 18.0 Å². The van der Waals surface area contributed by atoms with E-state index in [1.54, 1.807) is 11.8 Å². The number of carbonyl (C=O) groups excluding carboxylic acids is 1. The van der Waals surface area contributed by atoms with Crippen LogP contribution in [0.4, 0.5) is 10.5 Å². The van der Waals surface area contributed by atoms with Gasteiger partial charge in [0, 0.05) is 41.8 Å². The molecule has 2 aromatic rings. The fourth-order valence-corrected chi connectivity index (χ4v) is 4.10. The van der Waals surface area contributed by atoms with Crippen molar-refractivity contribution in [3.05, 3.63) is 48.5 Å². The zero-order valence-corrected chi connectivity index (χ0v) is 15.3. The summed E-state index contributed by atoms with van der Waals surface area (Å²) in [6.07, 6.45) is 4.10. The Labute approximate surface area is 157 Å². The van der Waals surface area contributed by atoms with Gasteiger partial charge in [0.1, 0.15) is 0 Å². The highest BCUT2D eigenvalue weighted by atomic mass is 32.2. The molecule has 2 N–H and O–H groups in total. The lowest BCUT2D eigenvalue weighted by atomic mass is 10.2. The van der Waals surface area contributed by atoms with E-state index < -0.39 is 5.79 Å².